The molecule has 0 radical (unpaired) electrons. The van der Waals surface area contributed by atoms with Gasteiger partial charge < -0.3 is 5.32 Å². The molecule has 1 heterocycles. The van der Waals surface area contributed by atoms with Crippen molar-refractivity contribution in [3.63, 3.8) is 0 Å². The lowest BCUT2D eigenvalue weighted by molar-refractivity contribution is -0.384. The second-order valence-corrected chi connectivity index (χ2v) is 4.40. The van der Waals surface area contributed by atoms with E-state index >= 15 is 0 Å². The third kappa shape index (κ3) is 3.07. The predicted molar refractivity (Wildman–Crippen MR) is 74.1 cm³/mol. The lowest BCUT2D eigenvalue weighted by Gasteiger charge is -2.09. The third-order valence-corrected chi connectivity index (χ3v) is 2.91. The molecule has 2 aromatic rings. The average Bonchev–Trinajstić information content (AvgIpc) is 2.37. The van der Waals surface area contributed by atoms with Crippen LogP contribution in [0.25, 0.3) is 0 Å². The Morgan fingerprint density at radius 1 is 1.32 bits per heavy atom. The van der Waals surface area contributed by atoms with Crippen molar-refractivity contribution in [3.05, 3.63) is 63.5 Å². The minimum Gasteiger partial charge on any atom is -0.374 e. The van der Waals surface area contributed by atoms with Crippen molar-refractivity contribution in [1.29, 1.82) is 0 Å². The summed E-state index contributed by atoms with van der Waals surface area (Å²) in [6, 6.07) is 8.86. The molecule has 98 valence electrons. The molecule has 0 saturated carbocycles. The molecule has 0 fully saturated rings. The van der Waals surface area contributed by atoms with Crippen molar-refractivity contribution in [2.24, 2.45) is 0 Å². The maximum atomic E-state index is 11.0. The number of pyridine rings is 1. The van der Waals surface area contributed by atoms with Gasteiger partial charge in [-0.15, -0.1) is 0 Å². The number of rotatable bonds is 4. The van der Waals surface area contributed by atoms with E-state index in [1.165, 1.54) is 6.07 Å². The highest BCUT2D eigenvalue weighted by Gasteiger charge is 2.13. The molecule has 0 unspecified atom stereocenters. The molecule has 0 bridgehead atoms. The van der Waals surface area contributed by atoms with E-state index in [-0.39, 0.29) is 10.6 Å². The fraction of sp³-hybridized carbons (Fsp3) is 0.214. The van der Waals surface area contributed by atoms with Crippen LogP contribution in [0.15, 0.2) is 36.5 Å². The standard InChI is InChI=1S/C14H15N3O2/c1-10-5-6-14(17(18)19)12(8-10)16-9-13-11(2)4-3-7-15-13/h3-8,16H,9H2,1-2H3. The average molecular weight is 257 g/mol. The van der Waals surface area contributed by atoms with Crippen LogP contribution in [0.4, 0.5) is 11.4 Å². The molecule has 2 rings (SSSR count). The normalized spacial score (nSPS) is 10.2. The highest BCUT2D eigenvalue weighted by Crippen LogP contribution is 2.25. The minimum absolute atomic E-state index is 0.0826. The van der Waals surface area contributed by atoms with Gasteiger partial charge in [0.1, 0.15) is 5.69 Å². The van der Waals surface area contributed by atoms with Crippen LogP contribution >= 0.6 is 0 Å². The van der Waals surface area contributed by atoms with Crippen LogP contribution < -0.4 is 5.32 Å². The summed E-state index contributed by atoms with van der Waals surface area (Å²) in [6.45, 7) is 4.34. The highest BCUT2D eigenvalue weighted by molar-refractivity contribution is 5.62. The molecule has 0 spiro atoms. The number of hydrogen-bond donors (Lipinski definition) is 1. The number of anilines is 1. The molecule has 5 heteroatoms. The van der Waals surface area contributed by atoms with Crippen LogP contribution in [0.5, 0.6) is 0 Å². The lowest BCUT2D eigenvalue weighted by atomic mass is 10.1. The minimum atomic E-state index is -0.382. The number of aromatic nitrogens is 1. The Morgan fingerprint density at radius 3 is 2.79 bits per heavy atom. The summed E-state index contributed by atoms with van der Waals surface area (Å²) in [6.07, 6.45) is 1.72. The summed E-state index contributed by atoms with van der Waals surface area (Å²) < 4.78 is 0. The molecule has 1 aromatic heterocycles. The van der Waals surface area contributed by atoms with Crippen LogP contribution in [0.2, 0.25) is 0 Å². The van der Waals surface area contributed by atoms with Crippen molar-refractivity contribution < 1.29 is 4.92 Å². The summed E-state index contributed by atoms with van der Waals surface area (Å²) in [5.41, 5.74) is 3.53. The van der Waals surface area contributed by atoms with Gasteiger partial charge in [0.2, 0.25) is 0 Å². The summed E-state index contributed by atoms with van der Waals surface area (Å²) in [4.78, 5) is 14.8. The Hall–Kier alpha value is -2.43. The van der Waals surface area contributed by atoms with Gasteiger partial charge >= 0.3 is 0 Å². The molecule has 0 aliphatic carbocycles. The van der Waals surface area contributed by atoms with E-state index < -0.39 is 0 Å². The van der Waals surface area contributed by atoms with E-state index in [2.05, 4.69) is 10.3 Å². The van der Waals surface area contributed by atoms with Gasteiger partial charge in [-0.25, -0.2) is 0 Å². The summed E-state index contributed by atoms with van der Waals surface area (Å²) >= 11 is 0. The number of nitro benzene ring substituents is 1. The molecule has 19 heavy (non-hydrogen) atoms. The van der Waals surface area contributed by atoms with Gasteiger partial charge in [-0.3, -0.25) is 15.1 Å². The molecule has 1 aromatic carbocycles. The molecular formula is C14H15N3O2. The zero-order chi connectivity index (χ0) is 13.8. The molecule has 0 saturated heterocycles. The van der Waals surface area contributed by atoms with E-state index in [1.807, 2.05) is 26.0 Å². The molecule has 1 N–H and O–H groups in total. The van der Waals surface area contributed by atoms with Gasteiger partial charge in [0, 0.05) is 12.3 Å². The summed E-state index contributed by atoms with van der Waals surface area (Å²) in [7, 11) is 0. The number of nitrogens with zero attached hydrogens (tertiary/aromatic N) is 2. The number of nitrogens with one attached hydrogen (secondary N) is 1. The Morgan fingerprint density at radius 2 is 2.11 bits per heavy atom. The largest absolute Gasteiger partial charge is 0.374 e. The third-order valence-electron chi connectivity index (χ3n) is 2.91. The number of nitro groups is 1. The summed E-state index contributed by atoms with van der Waals surface area (Å²) in [5.74, 6) is 0. The van der Waals surface area contributed by atoms with Gasteiger partial charge in [-0.2, -0.15) is 0 Å². The zero-order valence-electron chi connectivity index (χ0n) is 10.9. The summed E-state index contributed by atoms with van der Waals surface area (Å²) in [5, 5.41) is 14.0. The van der Waals surface area contributed by atoms with E-state index in [1.54, 1.807) is 18.3 Å². The topological polar surface area (TPSA) is 68.1 Å². The fourth-order valence-corrected chi connectivity index (χ4v) is 1.83. The van der Waals surface area contributed by atoms with Crippen LogP contribution in [0, 0.1) is 24.0 Å². The molecular weight excluding hydrogens is 242 g/mol. The molecule has 5 nitrogen and oxygen atoms in total. The first-order valence-electron chi connectivity index (χ1n) is 5.97. The zero-order valence-corrected chi connectivity index (χ0v) is 10.9. The first-order valence-corrected chi connectivity index (χ1v) is 5.97. The van der Waals surface area contributed by atoms with Gasteiger partial charge in [0.05, 0.1) is 17.2 Å². The first-order chi connectivity index (χ1) is 9.08. The van der Waals surface area contributed by atoms with Crippen LogP contribution in [0.1, 0.15) is 16.8 Å². The maximum Gasteiger partial charge on any atom is 0.292 e. The smallest absolute Gasteiger partial charge is 0.292 e. The Kier molecular flexibility index (Phi) is 3.75. The van der Waals surface area contributed by atoms with Crippen LogP contribution in [-0.2, 0) is 6.54 Å². The van der Waals surface area contributed by atoms with Crippen molar-refractivity contribution in [3.8, 4) is 0 Å². The van der Waals surface area contributed by atoms with Gasteiger partial charge in [0.25, 0.3) is 5.69 Å². The van der Waals surface area contributed by atoms with E-state index in [0.717, 1.165) is 16.8 Å². The van der Waals surface area contributed by atoms with E-state index in [4.69, 9.17) is 0 Å². The van der Waals surface area contributed by atoms with Crippen LogP contribution in [-0.4, -0.2) is 9.91 Å². The van der Waals surface area contributed by atoms with Gasteiger partial charge in [-0.05, 0) is 37.1 Å². The monoisotopic (exact) mass is 257 g/mol. The number of aryl methyl sites for hydroxylation is 2. The fourth-order valence-electron chi connectivity index (χ4n) is 1.83. The SMILES string of the molecule is Cc1ccc([N+](=O)[O-])c(NCc2ncccc2C)c1. The number of hydrogen-bond acceptors (Lipinski definition) is 4. The second kappa shape index (κ2) is 5.48. The van der Waals surface area contributed by atoms with E-state index in [9.17, 15) is 10.1 Å². The molecule has 0 aliphatic heterocycles. The van der Waals surface area contributed by atoms with Gasteiger partial charge in [-0.1, -0.05) is 12.1 Å². The van der Waals surface area contributed by atoms with Crippen molar-refractivity contribution >= 4 is 11.4 Å². The molecule has 0 aliphatic rings. The van der Waals surface area contributed by atoms with Crippen molar-refractivity contribution in [2.75, 3.05) is 5.32 Å². The Bertz CT molecular complexity index is 611. The van der Waals surface area contributed by atoms with Crippen molar-refractivity contribution in [1.82, 2.24) is 4.98 Å². The Labute approximate surface area is 111 Å². The predicted octanol–water partition coefficient (Wildman–Crippen LogP) is 3.22. The quantitative estimate of drug-likeness (QED) is 0.674. The lowest BCUT2D eigenvalue weighted by Crippen LogP contribution is -2.05. The van der Waals surface area contributed by atoms with Crippen LogP contribution in [0.3, 0.4) is 0 Å². The Balaban J connectivity index is 2.22. The van der Waals surface area contributed by atoms with E-state index in [0.29, 0.717) is 12.2 Å². The van der Waals surface area contributed by atoms with Crippen molar-refractivity contribution in [2.45, 2.75) is 20.4 Å². The highest BCUT2D eigenvalue weighted by atomic mass is 16.6. The second-order valence-electron chi connectivity index (χ2n) is 4.40. The molecule has 0 atom stereocenters. The molecule has 0 amide bonds. The maximum absolute atomic E-state index is 11.0. The van der Waals surface area contributed by atoms with Gasteiger partial charge in [0.15, 0.2) is 0 Å². The first kappa shape index (κ1) is 13.0. The number of benzene rings is 1.